The predicted molar refractivity (Wildman–Crippen MR) is 84.4 cm³/mol. The third-order valence-electron chi connectivity index (χ3n) is 3.54. The number of hydrogen-bond acceptors (Lipinski definition) is 6. The molecule has 0 saturated carbocycles. The summed E-state index contributed by atoms with van der Waals surface area (Å²) in [5.41, 5.74) is 1.27. The van der Waals surface area contributed by atoms with Crippen LogP contribution in [0.4, 0.5) is 0 Å². The molecule has 1 aliphatic rings. The average molecular weight is 326 g/mol. The first kappa shape index (κ1) is 16.2. The van der Waals surface area contributed by atoms with Crippen LogP contribution in [0.15, 0.2) is 60.7 Å². The smallest absolute Gasteiger partial charge is 0.471 e. The normalized spacial score (nSPS) is 18.1. The van der Waals surface area contributed by atoms with Crippen molar-refractivity contribution < 1.29 is 28.3 Å². The molecule has 2 aromatic rings. The van der Waals surface area contributed by atoms with Crippen molar-refractivity contribution >= 4 is 19.3 Å². The molecular weight excluding hydrogens is 311 g/mol. The van der Waals surface area contributed by atoms with Crippen molar-refractivity contribution in [2.24, 2.45) is 0 Å². The zero-order chi connectivity index (χ0) is 16.9. The maximum absolute atomic E-state index is 12.3. The number of carbonyl (C=O) groups excluding carboxylic acids is 2. The Bertz CT molecular complexity index is 706. The van der Waals surface area contributed by atoms with Crippen LogP contribution in [-0.4, -0.2) is 26.4 Å². The molecular formula is C17H15BO6. The molecule has 0 bridgehead atoms. The van der Waals surface area contributed by atoms with Crippen LogP contribution in [0, 0.1) is 0 Å². The Kier molecular flexibility index (Phi) is 4.93. The molecule has 7 heteroatoms. The monoisotopic (exact) mass is 326 g/mol. The van der Waals surface area contributed by atoms with Crippen molar-refractivity contribution in [3.8, 4) is 0 Å². The summed E-state index contributed by atoms with van der Waals surface area (Å²) in [6.45, 7) is 0. The molecule has 3 rings (SSSR count). The van der Waals surface area contributed by atoms with E-state index in [0.29, 0.717) is 11.1 Å². The topological polar surface area (TPSA) is 71.1 Å². The van der Waals surface area contributed by atoms with Gasteiger partial charge in [-0.15, -0.1) is 0 Å². The molecule has 24 heavy (non-hydrogen) atoms. The zero-order valence-electron chi connectivity index (χ0n) is 13.0. The van der Waals surface area contributed by atoms with Gasteiger partial charge in [0.25, 0.3) is 0 Å². The minimum Gasteiger partial charge on any atom is -0.471 e. The molecule has 1 heterocycles. The van der Waals surface area contributed by atoms with Crippen LogP contribution in [-0.2, 0) is 28.3 Å². The fraction of sp³-hybridized carbons (Fsp3) is 0.176. The van der Waals surface area contributed by atoms with E-state index < -0.39 is 31.5 Å². The van der Waals surface area contributed by atoms with Crippen molar-refractivity contribution in [1.29, 1.82) is 0 Å². The molecule has 2 unspecified atom stereocenters. The van der Waals surface area contributed by atoms with Gasteiger partial charge in [-0.25, -0.2) is 0 Å². The highest BCUT2D eigenvalue weighted by Crippen LogP contribution is 2.27. The van der Waals surface area contributed by atoms with Gasteiger partial charge in [0, 0.05) is 7.11 Å². The number of rotatable bonds is 5. The number of ether oxygens (including phenoxy) is 1. The largest absolute Gasteiger partial charge is 0.792 e. The highest BCUT2D eigenvalue weighted by molar-refractivity contribution is 6.44. The van der Waals surface area contributed by atoms with Gasteiger partial charge in [-0.1, -0.05) is 60.7 Å². The van der Waals surface area contributed by atoms with Crippen LogP contribution in [0.25, 0.3) is 0 Å². The van der Waals surface area contributed by atoms with E-state index in [2.05, 4.69) is 0 Å². The van der Waals surface area contributed by atoms with Crippen LogP contribution in [0.2, 0.25) is 0 Å². The summed E-state index contributed by atoms with van der Waals surface area (Å²) in [5.74, 6) is -1.30. The van der Waals surface area contributed by atoms with Crippen LogP contribution in [0.1, 0.15) is 23.3 Å². The van der Waals surface area contributed by atoms with Gasteiger partial charge in [0.2, 0.25) is 0 Å². The third kappa shape index (κ3) is 3.47. The molecule has 0 amide bonds. The first-order valence-corrected chi connectivity index (χ1v) is 7.38. The Morgan fingerprint density at radius 3 is 2.33 bits per heavy atom. The Morgan fingerprint density at radius 1 is 1.08 bits per heavy atom. The van der Waals surface area contributed by atoms with Crippen molar-refractivity contribution in [3.63, 3.8) is 0 Å². The second-order valence-electron chi connectivity index (χ2n) is 5.12. The molecule has 0 aliphatic carbocycles. The lowest BCUT2D eigenvalue weighted by Crippen LogP contribution is -2.28. The number of benzene rings is 2. The minimum atomic E-state index is -1.39. The van der Waals surface area contributed by atoms with Gasteiger partial charge in [-0.2, -0.15) is 0 Å². The lowest BCUT2D eigenvalue weighted by molar-refractivity contribution is -0.149. The third-order valence-corrected chi connectivity index (χ3v) is 3.54. The summed E-state index contributed by atoms with van der Waals surface area (Å²) in [6.07, 6.45) is -1.84. The molecule has 2 aromatic carbocycles. The molecule has 2 atom stereocenters. The van der Waals surface area contributed by atoms with Crippen molar-refractivity contribution in [1.82, 2.24) is 0 Å². The summed E-state index contributed by atoms with van der Waals surface area (Å²) in [4.78, 5) is 24.2. The van der Waals surface area contributed by atoms with Crippen LogP contribution in [0.3, 0.4) is 0 Å². The fourth-order valence-corrected chi connectivity index (χ4v) is 2.40. The average Bonchev–Trinajstić information content (AvgIpc) is 2.97. The van der Waals surface area contributed by atoms with E-state index >= 15 is 0 Å². The van der Waals surface area contributed by atoms with Gasteiger partial charge in [0.1, 0.15) is 0 Å². The van der Waals surface area contributed by atoms with E-state index in [-0.39, 0.29) is 0 Å². The molecule has 0 aromatic heterocycles. The van der Waals surface area contributed by atoms with Crippen LogP contribution in [0.5, 0.6) is 0 Å². The Labute approximate surface area is 139 Å². The quantitative estimate of drug-likeness (QED) is 0.785. The SMILES string of the molecule is COC(C(=O)OB1OC(=O)C(c2ccccc2)O1)c1ccccc1. The Hall–Kier alpha value is -2.64. The van der Waals surface area contributed by atoms with E-state index in [9.17, 15) is 9.59 Å². The Balaban J connectivity index is 1.66. The van der Waals surface area contributed by atoms with Gasteiger partial charge in [0.05, 0.1) is 0 Å². The maximum atomic E-state index is 12.3. The molecule has 0 N–H and O–H groups in total. The predicted octanol–water partition coefficient (Wildman–Crippen LogP) is 2.22. The van der Waals surface area contributed by atoms with E-state index in [1.54, 1.807) is 48.5 Å². The minimum absolute atomic E-state index is 0.604. The second kappa shape index (κ2) is 7.29. The van der Waals surface area contributed by atoms with E-state index in [0.717, 1.165) is 0 Å². The van der Waals surface area contributed by atoms with Gasteiger partial charge in [-0.3, -0.25) is 9.59 Å². The lowest BCUT2D eigenvalue weighted by Gasteiger charge is -2.15. The molecule has 0 radical (unpaired) electrons. The highest BCUT2D eigenvalue weighted by Gasteiger charge is 2.47. The molecule has 1 aliphatic heterocycles. The summed E-state index contributed by atoms with van der Waals surface area (Å²) >= 11 is 0. The highest BCUT2D eigenvalue weighted by atomic mass is 16.8. The van der Waals surface area contributed by atoms with Crippen molar-refractivity contribution in [2.45, 2.75) is 12.2 Å². The number of hydrogen-bond donors (Lipinski definition) is 0. The van der Waals surface area contributed by atoms with Gasteiger partial charge in [0.15, 0.2) is 12.2 Å². The summed E-state index contributed by atoms with van der Waals surface area (Å²) in [5, 5.41) is 0. The van der Waals surface area contributed by atoms with Gasteiger partial charge >= 0.3 is 19.3 Å². The molecule has 122 valence electrons. The number of methoxy groups -OCH3 is 1. The summed E-state index contributed by atoms with van der Waals surface area (Å²) < 4.78 is 20.6. The molecule has 1 saturated heterocycles. The first-order valence-electron chi connectivity index (χ1n) is 7.38. The van der Waals surface area contributed by atoms with E-state index in [1.165, 1.54) is 7.11 Å². The summed E-state index contributed by atoms with van der Waals surface area (Å²) in [6, 6.07) is 17.7. The second-order valence-corrected chi connectivity index (χ2v) is 5.12. The van der Waals surface area contributed by atoms with Gasteiger partial charge < -0.3 is 18.7 Å². The van der Waals surface area contributed by atoms with Crippen LogP contribution >= 0.6 is 0 Å². The van der Waals surface area contributed by atoms with Crippen LogP contribution < -0.4 is 0 Å². The van der Waals surface area contributed by atoms with Crippen molar-refractivity contribution in [3.05, 3.63) is 71.8 Å². The fourth-order valence-electron chi connectivity index (χ4n) is 2.40. The lowest BCUT2D eigenvalue weighted by atomic mass is 10.1. The maximum Gasteiger partial charge on any atom is 0.792 e. The van der Waals surface area contributed by atoms with E-state index in [4.69, 9.17) is 18.7 Å². The van der Waals surface area contributed by atoms with Crippen molar-refractivity contribution in [2.75, 3.05) is 7.11 Å². The molecule has 1 fully saturated rings. The first-order chi connectivity index (χ1) is 11.7. The number of carbonyl (C=O) groups is 2. The Morgan fingerprint density at radius 2 is 1.71 bits per heavy atom. The molecule has 0 spiro atoms. The van der Waals surface area contributed by atoms with E-state index in [1.807, 2.05) is 12.1 Å². The van der Waals surface area contributed by atoms with Gasteiger partial charge in [-0.05, 0) is 11.1 Å². The zero-order valence-corrected chi connectivity index (χ0v) is 13.0. The standard InChI is InChI=1S/C17H15BO6/c1-21-14(12-8-4-2-5-9-12)16(19)23-18-22-15(17(20)24-18)13-10-6-3-7-11-13/h2-11,14-15H,1H3. The summed E-state index contributed by atoms with van der Waals surface area (Å²) in [7, 11) is 0.00398. The molecule has 6 nitrogen and oxygen atoms in total.